The normalized spacial score (nSPS) is 18.4. The number of carboxylic acid groups (broad SMARTS) is 1. The molecule has 8 heteroatoms. The average Bonchev–Trinajstić information content (AvgIpc) is 3.10. The number of carbonyl (C=O) groups excluding carboxylic acids is 1. The van der Waals surface area contributed by atoms with E-state index in [4.69, 9.17) is 4.74 Å². The van der Waals surface area contributed by atoms with Crippen LogP contribution < -0.4 is 0 Å². The molecular weight excluding hydrogens is 314 g/mol. The van der Waals surface area contributed by atoms with Gasteiger partial charge in [0.15, 0.2) is 5.82 Å². The van der Waals surface area contributed by atoms with Gasteiger partial charge in [0.1, 0.15) is 12.8 Å². The summed E-state index contributed by atoms with van der Waals surface area (Å²) in [6, 6.07) is 0.427. The maximum Gasteiger partial charge on any atom is 0.407 e. The number of amides is 1. The van der Waals surface area contributed by atoms with Gasteiger partial charge in [-0.05, 0) is 18.9 Å². The minimum atomic E-state index is -1.15. The summed E-state index contributed by atoms with van der Waals surface area (Å²) in [5.41, 5.74) is 0. The van der Waals surface area contributed by atoms with Gasteiger partial charge in [0.2, 0.25) is 5.78 Å². The third-order valence-corrected chi connectivity index (χ3v) is 5.67. The summed E-state index contributed by atoms with van der Waals surface area (Å²) < 4.78 is 7.32. The standard InChI is InChI=1S/C15H25N3O4Si/c1-23(2,3)10-9-22-11-17-8-6-16-14(17)13(19)12-5-4-7-18(12)15(20)21/h6,8,12H,4-5,7,9-11H2,1-3H3,(H,20,21)/t12-/m0/s1. The molecule has 1 aliphatic rings. The zero-order valence-corrected chi connectivity index (χ0v) is 15.0. The van der Waals surface area contributed by atoms with Crippen molar-refractivity contribution >= 4 is 20.0 Å². The van der Waals surface area contributed by atoms with Gasteiger partial charge in [0, 0.05) is 33.6 Å². The molecule has 1 saturated heterocycles. The highest BCUT2D eigenvalue weighted by Gasteiger charge is 2.36. The predicted octanol–water partition coefficient (Wildman–Crippen LogP) is 2.52. The summed E-state index contributed by atoms with van der Waals surface area (Å²) in [5, 5.41) is 9.17. The summed E-state index contributed by atoms with van der Waals surface area (Å²) in [6.45, 7) is 8.17. The number of ketones is 1. The number of carbonyl (C=O) groups is 2. The van der Waals surface area contributed by atoms with Gasteiger partial charge in [-0.3, -0.25) is 9.69 Å². The van der Waals surface area contributed by atoms with Gasteiger partial charge >= 0.3 is 6.09 Å². The average molecular weight is 339 g/mol. The van der Waals surface area contributed by atoms with Crippen molar-refractivity contribution in [2.45, 2.75) is 51.3 Å². The Labute approximate surface area is 137 Å². The fourth-order valence-electron chi connectivity index (χ4n) is 2.60. The third-order valence-electron chi connectivity index (χ3n) is 3.96. The lowest BCUT2D eigenvalue weighted by Crippen LogP contribution is -2.40. The second kappa shape index (κ2) is 7.27. The quantitative estimate of drug-likeness (QED) is 0.469. The van der Waals surface area contributed by atoms with E-state index in [0.29, 0.717) is 26.0 Å². The molecular formula is C15H25N3O4Si. The van der Waals surface area contributed by atoms with Crippen LogP contribution >= 0.6 is 0 Å². The molecule has 1 aromatic rings. The summed E-state index contributed by atoms with van der Waals surface area (Å²) in [4.78, 5) is 29.1. The summed E-state index contributed by atoms with van der Waals surface area (Å²) in [6.07, 6.45) is 3.45. The minimum absolute atomic E-state index is 0.247. The van der Waals surface area contributed by atoms with E-state index in [-0.39, 0.29) is 18.3 Å². The molecule has 1 aromatic heterocycles. The molecule has 2 rings (SSSR count). The molecule has 128 valence electrons. The van der Waals surface area contributed by atoms with E-state index in [9.17, 15) is 14.7 Å². The molecule has 0 aromatic carbocycles. The van der Waals surface area contributed by atoms with E-state index in [2.05, 4.69) is 24.6 Å². The molecule has 1 fully saturated rings. The third kappa shape index (κ3) is 4.65. The Hall–Kier alpha value is -1.67. The molecule has 1 N–H and O–H groups in total. The van der Waals surface area contributed by atoms with Crippen molar-refractivity contribution in [3.05, 3.63) is 18.2 Å². The number of ether oxygens (including phenoxy) is 1. The Morgan fingerprint density at radius 2 is 2.17 bits per heavy atom. The molecule has 1 aliphatic heterocycles. The smallest absolute Gasteiger partial charge is 0.407 e. The molecule has 0 spiro atoms. The molecule has 23 heavy (non-hydrogen) atoms. The second-order valence-corrected chi connectivity index (χ2v) is 12.7. The lowest BCUT2D eigenvalue weighted by Gasteiger charge is -2.20. The van der Waals surface area contributed by atoms with Crippen LogP contribution in [-0.2, 0) is 11.5 Å². The number of Topliss-reactive ketones (excluding diaryl/α,β-unsaturated/α-hetero) is 1. The van der Waals surface area contributed by atoms with Crippen molar-refractivity contribution in [3.63, 3.8) is 0 Å². The molecule has 0 bridgehead atoms. The lowest BCUT2D eigenvalue weighted by molar-refractivity contribution is 0.0735. The molecule has 7 nitrogen and oxygen atoms in total. The highest BCUT2D eigenvalue weighted by Crippen LogP contribution is 2.21. The van der Waals surface area contributed by atoms with Crippen molar-refractivity contribution in [2.24, 2.45) is 0 Å². The van der Waals surface area contributed by atoms with Crippen molar-refractivity contribution in [1.29, 1.82) is 0 Å². The van der Waals surface area contributed by atoms with Gasteiger partial charge in [-0.1, -0.05) is 19.6 Å². The highest BCUT2D eigenvalue weighted by atomic mass is 28.3. The van der Waals surface area contributed by atoms with Crippen molar-refractivity contribution in [3.8, 4) is 0 Å². The van der Waals surface area contributed by atoms with Gasteiger partial charge in [-0.2, -0.15) is 0 Å². The number of nitrogens with zero attached hydrogens (tertiary/aromatic N) is 3. The van der Waals surface area contributed by atoms with Crippen LogP contribution in [0.2, 0.25) is 25.7 Å². The van der Waals surface area contributed by atoms with Crippen molar-refractivity contribution < 1.29 is 19.4 Å². The Morgan fingerprint density at radius 1 is 1.43 bits per heavy atom. The maximum absolute atomic E-state index is 12.6. The Kier molecular flexibility index (Phi) is 5.58. The molecule has 0 saturated carbocycles. The Morgan fingerprint density at radius 3 is 2.83 bits per heavy atom. The van der Waals surface area contributed by atoms with Crippen LogP contribution in [-0.4, -0.2) is 58.7 Å². The maximum atomic E-state index is 12.6. The van der Waals surface area contributed by atoms with Crippen LogP contribution in [0, 0.1) is 0 Å². The summed E-state index contributed by atoms with van der Waals surface area (Å²) >= 11 is 0. The van der Waals surface area contributed by atoms with Gasteiger partial charge < -0.3 is 14.4 Å². The first-order valence-electron chi connectivity index (χ1n) is 7.92. The molecule has 0 radical (unpaired) electrons. The SMILES string of the molecule is C[Si](C)(C)CCOCn1ccnc1C(=O)[C@@H]1CCCN1C(=O)O. The van der Waals surface area contributed by atoms with E-state index < -0.39 is 20.2 Å². The number of imidazole rings is 1. The van der Waals surface area contributed by atoms with E-state index in [0.717, 1.165) is 6.04 Å². The van der Waals surface area contributed by atoms with Crippen molar-refractivity contribution in [2.75, 3.05) is 13.2 Å². The van der Waals surface area contributed by atoms with E-state index >= 15 is 0 Å². The first kappa shape index (κ1) is 17.7. The van der Waals surface area contributed by atoms with Crippen LogP contribution in [0.3, 0.4) is 0 Å². The van der Waals surface area contributed by atoms with Crippen LogP contribution in [0.5, 0.6) is 0 Å². The van der Waals surface area contributed by atoms with Gasteiger partial charge in [0.05, 0.1) is 0 Å². The van der Waals surface area contributed by atoms with Crippen LogP contribution in [0.25, 0.3) is 0 Å². The largest absolute Gasteiger partial charge is 0.465 e. The van der Waals surface area contributed by atoms with Crippen LogP contribution in [0.1, 0.15) is 23.5 Å². The number of hydrogen-bond donors (Lipinski definition) is 1. The number of likely N-dealkylation sites (tertiary alicyclic amines) is 1. The number of rotatable bonds is 7. The Bertz CT molecular complexity index is 567. The monoisotopic (exact) mass is 339 g/mol. The zero-order chi connectivity index (χ0) is 17.0. The van der Waals surface area contributed by atoms with Gasteiger partial charge in [-0.25, -0.2) is 9.78 Å². The molecule has 1 amide bonds. The topological polar surface area (TPSA) is 84.7 Å². The predicted molar refractivity (Wildman–Crippen MR) is 88.4 cm³/mol. The van der Waals surface area contributed by atoms with Gasteiger partial charge in [-0.15, -0.1) is 0 Å². The number of hydrogen-bond acceptors (Lipinski definition) is 4. The van der Waals surface area contributed by atoms with Crippen LogP contribution in [0.4, 0.5) is 4.79 Å². The van der Waals surface area contributed by atoms with E-state index in [1.54, 1.807) is 17.0 Å². The molecule has 1 atom stereocenters. The second-order valence-electron chi connectivity index (χ2n) is 7.07. The lowest BCUT2D eigenvalue weighted by atomic mass is 10.1. The first-order chi connectivity index (χ1) is 10.8. The minimum Gasteiger partial charge on any atom is -0.465 e. The van der Waals surface area contributed by atoms with Gasteiger partial charge in [0.25, 0.3) is 0 Å². The number of aromatic nitrogens is 2. The van der Waals surface area contributed by atoms with E-state index in [1.807, 2.05) is 0 Å². The molecule has 2 heterocycles. The zero-order valence-electron chi connectivity index (χ0n) is 14.0. The Balaban J connectivity index is 1.97. The summed E-state index contributed by atoms with van der Waals surface area (Å²) in [7, 11) is -1.15. The molecule has 0 unspecified atom stereocenters. The van der Waals surface area contributed by atoms with Crippen molar-refractivity contribution in [1.82, 2.24) is 14.5 Å². The fourth-order valence-corrected chi connectivity index (χ4v) is 3.35. The van der Waals surface area contributed by atoms with E-state index in [1.165, 1.54) is 4.90 Å². The first-order valence-corrected chi connectivity index (χ1v) is 11.6. The summed E-state index contributed by atoms with van der Waals surface area (Å²) in [5.74, 6) is 0.0276. The highest BCUT2D eigenvalue weighted by molar-refractivity contribution is 6.76. The molecule has 0 aliphatic carbocycles. The van der Waals surface area contributed by atoms with Crippen LogP contribution in [0.15, 0.2) is 12.4 Å². The fraction of sp³-hybridized carbons (Fsp3) is 0.667.